The summed E-state index contributed by atoms with van der Waals surface area (Å²) < 4.78 is 5.30. The van der Waals surface area contributed by atoms with E-state index >= 15 is 0 Å². The predicted octanol–water partition coefficient (Wildman–Crippen LogP) is 1.13. The van der Waals surface area contributed by atoms with Crippen LogP contribution in [0.1, 0.15) is 20.3 Å². The van der Waals surface area contributed by atoms with Gasteiger partial charge in [-0.25, -0.2) is 4.79 Å². The van der Waals surface area contributed by atoms with Gasteiger partial charge in [-0.1, -0.05) is 5.57 Å². The standard InChI is InChI=1S/C11H19NO3/c1-9(2)4-5-12-7-11(3,8-12)15-6-10(13)14/h1,4-8H2,2-3H3,(H,13,14). The summed E-state index contributed by atoms with van der Waals surface area (Å²) in [5.41, 5.74) is 0.906. The quantitative estimate of drug-likeness (QED) is 0.672. The fourth-order valence-electron chi connectivity index (χ4n) is 1.73. The molecule has 0 aromatic carbocycles. The maximum atomic E-state index is 10.3. The minimum absolute atomic E-state index is 0.204. The molecule has 1 rings (SSSR count). The lowest BCUT2D eigenvalue weighted by Gasteiger charge is -2.47. The lowest BCUT2D eigenvalue weighted by atomic mass is 9.96. The van der Waals surface area contributed by atoms with Gasteiger partial charge in [0, 0.05) is 19.6 Å². The normalized spacial score (nSPS) is 19.6. The van der Waals surface area contributed by atoms with Crippen molar-refractivity contribution in [1.29, 1.82) is 0 Å². The Kier molecular flexibility index (Phi) is 3.88. The molecule has 4 heteroatoms. The van der Waals surface area contributed by atoms with Crippen LogP contribution in [0.2, 0.25) is 0 Å². The van der Waals surface area contributed by atoms with Crippen LogP contribution in [0, 0.1) is 0 Å². The number of aliphatic carboxylic acids is 1. The number of rotatable bonds is 6. The Morgan fingerprint density at radius 1 is 1.60 bits per heavy atom. The molecule has 86 valence electrons. The van der Waals surface area contributed by atoms with Crippen molar-refractivity contribution < 1.29 is 14.6 Å². The first-order valence-electron chi connectivity index (χ1n) is 5.14. The summed E-state index contributed by atoms with van der Waals surface area (Å²) in [5.74, 6) is -0.906. The van der Waals surface area contributed by atoms with Crippen molar-refractivity contribution >= 4 is 5.97 Å². The second kappa shape index (κ2) is 4.77. The molecule has 0 aromatic heterocycles. The molecule has 0 bridgehead atoms. The lowest BCUT2D eigenvalue weighted by Crippen LogP contribution is -2.61. The zero-order chi connectivity index (χ0) is 11.5. The van der Waals surface area contributed by atoms with Crippen molar-refractivity contribution in [2.45, 2.75) is 25.9 Å². The third-order valence-corrected chi connectivity index (χ3v) is 2.52. The molecule has 0 saturated carbocycles. The number of likely N-dealkylation sites (tertiary alicyclic amines) is 1. The number of hydrogen-bond donors (Lipinski definition) is 1. The Labute approximate surface area is 90.5 Å². The molecule has 1 N–H and O–H groups in total. The van der Waals surface area contributed by atoms with Crippen LogP contribution in [0.15, 0.2) is 12.2 Å². The van der Waals surface area contributed by atoms with Crippen molar-refractivity contribution in [2.75, 3.05) is 26.2 Å². The molecule has 0 unspecified atom stereocenters. The van der Waals surface area contributed by atoms with Crippen LogP contribution >= 0.6 is 0 Å². The fraction of sp³-hybridized carbons (Fsp3) is 0.727. The molecule has 0 aliphatic carbocycles. The molecule has 0 aromatic rings. The number of carboxylic acid groups (broad SMARTS) is 1. The van der Waals surface area contributed by atoms with E-state index in [2.05, 4.69) is 11.5 Å². The van der Waals surface area contributed by atoms with Gasteiger partial charge in [-0.05, 0) is 20.3 Å². The van der Waals surface area contributed by atoms with Crippen LogP contribution < -0.4 is 0 Å². The smallest absolute Gasteiger partial charge is 0.329 e. The first-order chi connectivity index (χ1) is 6.91. The summed E-state index contributed by atoms with van der Waals surface area (Å²) in [6.45, 7) is 10.2. The van der Waals surface area contributed by atoms with Gasteiger partial charge in [0.1, 0.15) is 6.61 Å². The third-order valence-electron chi connectivity index (χ3n) is 2.52. The minimum Gasteiger partial charge on any atom is -0.480 e. The first-order valence-corrected chi connectivity index (χ1v) is 5.14. The van der Waals surface area contributed by atoms with E-state index in [4.69, 9.17) is 9.84 Å². The van der Waals surface area contributed by atoms with Gasteiger partial charge in [0.25, 0.3) is 0 Å². The molecule has 15 heavy (non-hydrogen) atoms. The second-order valence-corrected chi connectivity index (χ2v) is 4.55. The highest BCUT2D eigenvalue weighted by Crippen LogP contribution is 2.24. The largest absolute Gasteiger partial charge is 0.480 e. The van der Waals surface area contributed by atoms with E-state index in [9.17, 15) is 4.79 Å². The summed E-state index contributed by atoms with van der Waals surface area (Å²) in [4.78, 5) is 12.6. The molecule has 0 atom stereocenters. The highest BCUT2D eigenvalue weighted by atomic mass is 16.5. The molecule has 0 radical (unpaired) electrons. The van der Waals surface area contributed by atoms with Crippen LogP contribution in [0.4, 0.5) is 0 Å². The summed E-state index contributed by atoms with van der Waals surface area (Å²) in [6, 6.07) is 0. The molecule has 1 aliphatic heterocycles. The molecular formula is C11H19NO3. The number of ether oxygens (including phenoxy) is 1. The Morgan fingerprint density at radius 2 is 2.20 bits per heavy atom. The van der Waals surface area contributed by atoms with E-state index in [0.29, 0.717) is 0 Å². The monoisotopic (exact) mass is 213 g/mol. The van der Waals surface area contributed by atoms with Crippen molar-refractivity contribution in [3.8, 4) is 0 Å². The summed E-state index contributed by atoms with van der Waals surface area (Å²) in [7, 11) is 0. The van der Waals surface area contributed by atoms with E-state index in [1.165, 1.54) is 5.57 Å². The highest BCUT2D eigenvalue weighted by molar-refractivity contribution is 5.68. The molecule has 0 spiro atoms. The van der Waals surface area contributed by atoms with Gasteiger partial charge in [-0.15, -0.1) is 6.58 Å². The number of hydrogen-bond acceptors (Lipinski definition) is 3. The first kappa shape index (κ1) is 12.2. The average molecular weight is 213 g/mol. The molecule has 1 heterocycles. The molecule has 0 amide bonds. The SMILES string of the molecule is C=C(C)CCN1CC(C)(OCC(=O)O)C1. The predicted molar refractivity (Wildman–Crippen MR) is 57.9 cm³/mol. The zero-order valence-electron chi connectivity index (χ0n) is 9.45. The van der Waals surface area contributed by atoms with E-state index in [-0.39, 0.29) is 12.2 Å². The maximum absolute atomic E-state index is 10.3. The number of carboxylic acids is 1. The Balaban J connectivity index is 2.17. The Morgan fingerprint density at radius 3 is 2.67 bits per heavy atom. The van der Waals surface area contributed by atoms with Gasteiger partial charge in [-0.2, -0.15) is 0 Å². The molecular weight excluding hydrogens is 194 g/mol. The van der Waals surface area contributed by atoms with E-state index in [1.807, 2.05) is 13.8 Å². The lowest BCUT2D eigenvalue weighted by molar-refractivity contribution is -0.164. The topological polar surface area (TPSA) is 49.8 Å². The van der Waals surface area contributed by atoms with Crippen LogP contribution in [-0.2, 0) is 9.53 Å². The van der Waals surface area contributed by atoms with Crippen LogP contribution in [0.25, 0.3) is 0 Å². The second-order valence-electron chi connectivity index (χ2n) is 4.55. The van der Waals surface area contributed by atoms with Crippen molar-refractivity contribution in [3.05, 3.63) is 12.2 Å². The summed E-state index contributed by atoms with van der Waals surface area (Å²) in [6.07, 6.45) is 0.995. The van der Waals surface area contributed by atoms with Crippen LogP contribution in [0.5, 0.6) is 0 Å². The van der Waals surface area contributed by atoms with Gasteiger partial charge in [0.05, 0.1) is 5.60 Å². The van der Waals surface area contributed by atoms with E-state index < -0.39 is 5.97 Å². The summed E-state index contributed by atoms with van der Waals surface area (Å²) in [5, 5.41) is 8.49. The van der Waals surface area contributed by atoms with Gasteiger partial charge in [0.2, 0.25) is 0 Å². The van der Waals surface area contributed by atoms with Gasteiger partial charge in [0.15, 0.2) is 0 Å². The van der Waals surface area contributed by atoms with E-state index in [1.54, 1.807) is 0 Å². The molecule has 4 nitrogen and oxygen atoms in total. The minimum atomic E-state index is -0.906. The Hall–Kier alpha value is -0.870. The summed E-state index contributed by atoms with van der Waals surface area (Å²) >= 11 is 0. The number of nitrogens with zero attached hydrogens (tertiary/aromatic N) is 1. The fourth-order valence-corrected chi connectivity index (χ4v) is 1.73. The highest BCUT2D eigenvalue weighted by Gasteiger charge is 2.39. The molecule has 1 fully saturated rings. The van der Waals surface area contributed by atoms with E-state index in [0.717, 1.165) is 26.1 Å². The third kappa shape index (κ3) is 4.01. The van der Waals surface area contributed by atoms with Crippen LogP contribution in [-0.4, -0.2) is 47.8 Å². The molecule has 1 saturated heterocycles. The number of carbonyl (C=O) groups is 1. The van der Waals surface area contributed by atoms with Crippen molar-refractivity contribution in [2.24, 2.45) is 0 Å². The van der Waals surface area contributed by atoms with Gasteiger partial charge in [-0.3, -0.25) is 4.90 Å². The average Bonchev–Trinajstić information content (AvgIpc) is 2.07. The van der Waals surface area contributed by atoms with Gasteiger partial charge >= 0.3 is 5.97 Å². The zero-order valence-corrected chi connectivity index (χ0v) is 9.45. The van der Waals surface area contributed by atoms with Gasteiger partial charge < -0.3 is 9.84 Å². The Bertz CT molecular complexity index is 257. The molecule has 1 aliphatic rings. The van der Waals surface area contributed by atoms with Crippen molar-refractivity contribution in [1.82, 2.24) is 4.90 Å². The maximum Gasteiger partial charge on any atom is 0.329 e. The van der Waals surface area contributed by atoms with Crippen molar-refractivity contribution in [3.63, 3.8) is 0 Å². The van der Waals surface area contributed by atoms with Crippen LogP contribution in [0.3, 0.4) is 0 Å².